The van der Waals surface area contributed by atoms with Gasteiger partial charge in [0.15, 0.2) is 5.60 Å². The second kappa shape index (κ2) is 6.57. The van der Waals surface area contributed by atoms with Crippen molar-refractivity contribution in [2.24, 2.45) is 0 Å². The number of benzene rings is 2. The van der Waals surface area contributed by atoms with Gasteiger partial charge in [0.25, 0.3) is 0 Å². The van der Waals surface area contributed by atoms with E-state index in [0.29, 0.717) is 18.5 Å². The van der Waals surface area contributed by atoms with Crippen molar-refractivity contribution in [3.63, 3.8) is 0 Å². The molecule has 146 valence electrons. The molecule has 2 aliphatic rings. The molecule has 0 radical (unpaired) electrons. The minimum atomic E-state index is -3.73. The summed E-state index contributed by atoms with van der Waals surface area (Å²) in [6.45, 7) is 8.40. The summed E-state index contributed by atoms with van der Waals surface area (Å²) in [5.41, 5.74) is 2.61. The van der Waals surface area contributed by atoms with Crippen LogP contribution in [0.25, 0.3) is 5.57 Å². The van der Waals surface area contributed by atoms with Gasteiger partial charge in [0, 0.05) is 13.0 Å². The topological polar surface area (TPSA) is 63.7 Å². The molecule has 2 atom stereocenters. The molecule has 0 unspecified atom stereocenters. The first-order valence-electron chi connectivity index (χ1n) is 9.31. The second-order valence-corrected chi connectivity index (χ2v) is 9.50. The maximum atomic E-state index is 13.3. The molecule has 0 N–H and O–H groups in total. The average Bonchev–Trinajstić information content (AvgIpc) is 3.17. The van der Waals surface area contributed by atoms with Crippen molar-refractivity contribution < 1.29 is 17.9 Å². The van der Waals surface area contributed by atoms with Gasteiger partial charge in [0.2, 0.25) is 10.0 Å². The van der Waals surface area contributed by atoms with Crippen LogP contribution in [0.4, 0.5) is 0 Å². The number of aryl methyl sites for hydroxylation is 2. The Balaban J connectivity index is 1.72. The van der Waals surface area contributed by atoms with Crippen molar-refractivity contribution >= 4 is 21.6 Å². The number of hydrogen-bond donors (Lipinski definition) is 0. The van der Waals surface area contributed by atoms with Crippen molar-refractivity contribution in [1.82, 2.24) is 4.31 Å². The molecule has 5 nitrogen and oxygen atoms in total. The molecule has 2 aromatic carbocycles. The van der Waals surface area contributed by atoms with E-state index in [1.54, 1.807) is 24.3 Å². The van der Waals surface area contributed by atoms with E-state index < -0.39 is 21.7 Å². The Kier molecular flexibility index (Phi) is 4.43. The number of sulfonamides is 1. The summed E-state index contributed by atoms with van der Waals surface area (Å²) in [5.74, 6) is -0.387. The molecular formula is C22H23NO4S. The van der Waals surface area contributed by atoms with Gasteiger partial charge in [-0.25, -0.2) is 8.42 Å². The molecule has 0 spiro atoms. The number of esters is 1. The lowest BCUT2D eigenvalue weighted by Gasteiger charge is -2.32. The molecule has 2 heterocycles. The fraction of sp³-hybridized carbons (Fsp3) is 0.318. The number of ether oxygens (including phenoxy) is 1. The smallest absolute Gasteiger partial charge is 0.308 e. The Morgan fingerprint density at radius 2 is 1.64 bits per heavy atom. The van der Waals surface area contributed by atoms with Crippen LogP contribution in [0.1, 0.15) is 29.5 Å². The minimum absolute atomic E-state index is 0.0377. The predicted octanol–water partition coefficient (Wildman–Crippen LogP) is 3.47. The third-order valence-corrected chi connectivity index (χ3v) is 7.71. The first-order chi connectivity index (χ1) is 13.2. The van der Waals surface area contributed by atoms with Crippen LogP contribution in [0.3, 0.4) is 0 Å². The van der Waals surface area contributed by atoms with Gasteiger partial charge < -0.3 is 4.74 Å². The van der Waals surface area contributed by atoms with E-state index in [2.05, 4.69) is 6.58 Å². The molecule has 2 aromatic rings. The monoisotopic (exact) mass is 397 g/mol. The van der Waals surface area contributed by atoms with E-state index in [0.717, 1.165) is 16.7 Å². The lowest BCUT2D eigenvalue weighted by atomic mass is 9.83. The highest BCUT2D eigenvalue weighted by atomic mass is 32.2. The highest BCUT2D eigenvalue weighted by molar-refractivity contribution is 7.89. The summed E-state index contributed by atoms with van der Waals surface area (Å²) < 4.78 is 33.7. The minimum Gasteiger partial charge on any atom is -0.452 e. The van der Waals surface area contributed by atoms with Crippen LogP contribution in [-0.4, -0.2) is 36.9 Å². The van der Waals surface area contributed by atoms with Gasteiger partial charge in [-0.05, 0) is 37.1 Å². The first-order valence-corrected chi connectivity index (χ1v) is 10.7. The number of hydrogen-bond acceptors (Lipinski definition) is 4. The van der Waals surface area contributed by atoms with E-state index in [1.807, 2.05) is 38.1 Å². The third kappa shape index (κ3) is 2.88. The van der Waals surface area contributed by atoms with Gasteiger partial charge in [-0.15, -0.1) is 0 Å². The summed E-state index contributed by atoms with van der Waals surface area (Å²) in [7, 11) is -3.73. The molecule has 0 bridgehead atoms. The zero-order valence-corrected chi connectivity index (χ0v) is 16.8. The Hall–Kier alpha value is -2.44. The van der Waals surface area contributed by atoms with Crippen LogP contribution in [0, 0.1) is 13.8 Å². The molecule has 2 aliphatic heterocycles. The molecule has 0 amide bonds. The van der Waals surface area contributed by atoms with E-state index in [-0.39, 0.29) is 17.3 Å². The quantitative estimate of drug-likeness (QED) is 0.741. The van der Waals surface area contributed by atoms with Crippen molar-refractivity contribution in [2.75, 3.05) is 6.54 Å². The largest absolute Gasteiger partial charge is 0.452 e. The van der Waals surface area contributed by atoms with Gasteiger partial charge in [-0.2, -0.15) is 4.31 Å². The molecule has 0 saturated carbocycles. The highest BCUT2D eigenvalue weighted by Crippen LogP contribution is 2.49. The van der Waals surface area contributed by atoms with Gasteiger partial charge in [-0.3, -0.25) is 4.79 Å². The van der Waals surface area contributed by atoms with Crippen molar-refractivity contribution in [1.29, 1.82) is 0 Å². The highest BCUT2D eigenvalue weighted by Gasteiger charge is 2.60. The Labute approximate surface area is 165 Å². The molecule has 0 aromatic heterocycles. The first kappa shape index (κ1) is 18.9. The molecular weight excluding hydrogens is 374 g/mol. The number of fused-ring (bicyclic) bond motifs is 1. The van der Waals surface area contributed by atoms with Crippen LogP contribution in [0.5, 0.6) is 0 Å². The molecule has 28 heavy (non-hydrogen) atoms. The zero-order valence-electron chi connectivity index (χ0n) is 16.0. The molecule has 2 fully saturated rings. The van der Waals surface area contributed by atoms with Gasteiger partial charge in [-0.1, -0.05) is 54.1 Å². The molecule has 0 aliphatic carbocycles. The van der Waals surface area contributed by atoms with Crippen LogP contribution >= 0.6 is 0 Å². The van der Waals surface area contributed by atoms with Crippen LogP contribution in [0.15, 0.2) is 60.0 Å². The Morgan fingerprint density at radius 1 is 1.07 bits per heavy atom. The van der Waals surface area contributed by atoms with E-state index in [9.17, 15) is 13.2 Å². The summed E-state index contributed by atoms with van der Waals surface area (Å²) in [4.78, 5) is 12.5. The number of nitrogens with zero attached hydrogens (tertiary/aromatic N) is 1. The fourth-order valence-corrected chi connectivity index (χ4v) is 5.83. The lowest BCUT2D eigenvalue weighted by molar-refractivity contribution is -0.144. The number of rotatable bonds is 4. The maximum absolute atomic E-state index is 13.3. The Bertz CT molecular complexity index is 1040. The van der Waals surface area contributed by atoms with E-state index in [1.165, 1.54) is 4.31 Å². The van der Waals surface area contributed by atoms with Crippen molar-refractivity contribution in [3.8, 4) is 0 Å². The van der Waals surface area contributed by atoms with Crippen LogP contribution in [0.2, 0.25) is 0 Å². The number of carbonyl (C=O) groups excluding carboxylic acids is 1. The SMILES string of the molecule is C=C(c1ccc(C)cc1)[C@]12CCN(S(=O)(=O)c3ccc(C)cc3)[C@H]1CC(=O)O2. The Morgan fingerprint density at radius 3 is 2.25 bits per heavy atom. The average molecular weight is 397 g/mol. The predicted molar refractivity (Wildman–Crippen MR) is 107 cm³/mol. The molecule has 6 heteroatoms. The molecule has 4 rings (SSSR count). The zero-order chi connectivity index (χ0) is 20.1. The van der Waals surface area contributed by atoms with E-state index >= 15 is 0 Å². The maximum Gasteiger partial charge on any atom is 0.308 e. The third-order valence-electron chi connectivity index (χ3n) is 5.78. The van der Waals surface area contributed by atoms with Crippen LogP contribution in [-0.2, 0) is 19.6 Å². The summed E-state index contributed by atoms with van der Waals surface area (Å²) >= 11 is 0. The second-order valence-electron chi connectivity index (χ2n) is 7.61. The summed E-state index contributed by atoms with van der Waals surface area (Å²) in [5, 5.41) is 0. The standard InChI is InChI=1S/C22H23NO4S/c1-15-4-8-18(9-5-15)17(3)22-12-13-23(20(22)14-21(24)27-22)28(25,26)19-10-6-16(2)7-11-19/h4-11,20H,3,12-14H2,1-2H3/t20-,22+/m0/s1. The van der Waals surface area contributed by atoms with Gasteiger partial charge >= 0.3 is 5.97 Å². The van der Waals surface area contributed by atoms with Gasteiger partial charge in [0.1, 0.15) is 0 Å². The number of carbonyl (C=O) groups is 1. The normalized spacial score (nSPS) is 24.8. The molecule has 2 saturated heterocycles. The lowest BCUT2D eigenvalue weighted by Crippen LogP contribution is -2.44. The summed E-state index contributed by atoms with van der Waals surface area (Å²) in [6, 6.07) is 14.0. The van der Waals surface area contributed by atoms with Crippen molar-refractivity contribution in [2.45, 2.75) is 43.2 Å². The fourth-order valence-electron chi connectivity index (χ4n) is 4.17. The van der Waals surface area contributed by atoms with Crippen molar-refractivity contribution in [3.05, 3.63) is 71.8 Å². The van der Waals surface area contributed by atoms with Gasteiger partial charge in [0.05, 0.1) is 17.4 Å². The summed E-state index contributed by atoms with van der Waals surface area (Å²) in [6.07, 6.45) is 0.442. The van der Waals surface area contributed by atoms with E-state index in [4.69, 9.17) is 4.74 Å². The van der Waals surface area contributed by atoms with Crippen LogP contribution < -0.4 is 0 Å².